The summed E-state index contributed by atoms with van der Waals surface area (Å²) in [4.78, 5) is 16.2. The number of carboxylic acid groups (broad SMARTS) is 1. The molecule has 0 saturated carbocycles. The summed E-state index contributed by atoms with van der Waals surface area (Å²) in [7, 11) is 0. The number of nitrogens with zero attached hydrogens (tertiary/aromatic N) is 1. The molecule has 1 atom stereocenters. The highest BCUT2D eigenvalue weighted by atomic mass is 32.1. The minimum Gasteiger partial charge on any atom is -0.478 e. The Bertz CT molecular complexity index is 751. The van der Waals surface area contributed by atoms with E-state index in [4.69, 9.17) is 4.74 Å². The van der Waals surface area contributed by atoms with Gasteiger partial charge in [-0.3, -0.25) is 0 Å². The van der Waals surface area contributed by atoms with Crippen LogP contribution in [0.3, 0.4) is 0 Å². The normalized spacial score (nSPS) is 13.8. The fourth-order valence-corrected chi connectivity index (χ4v) is 3.02. The molecule has 1 aromatic heterocycles. The second-order valence-corrected chi connectivity index (χ2v) is 5.77. The molecule has 4 nitrogen and oxygen atoms in total. The molecule has 0 aliphatic carbocycles. The Morgan fingerprint density at radius 1 is 1.14 bits per heavy atom. The van der Waals surface area contributed by atoms with Crippen LogP contribution in [0.5, 0.6) is 5.75 Å². The van der Waals surface area contributed by atoms with E-state index in [1.165, 1.54) is 18.3 Å². The van der Waals surface area contributed by atoms with Crippen molar-refractivity contribution in [3.63, 3.8) is 0 Å². The minimum atomic E-state index is -1.51. The molecule has 0 saturated heterocycles. The SMILES string of the molecule is CC(Oc1ccccc1)(C(=O)O)c1nc2ccccc2s1. The second-order valence-electron chi connectivity index (χ2n) is 4.74. The Labute approximate surface area is 125 Å². The van der Waals surface area contributed by atoms with Crippen LogP contribution in [0.1, 0.15) is 11.9 Å². The van der Waals surface area contributed by atoms with Crippen molar-refractivity contribution >= 4 is 27.5 Å². The molecule has 0 spiro atoms. The summed E-state index contributed by atoms with van der Waals surface area (Å²) < 4.78 is 6.67. The van der Waals surface area contributed by atoms with Gasteiger partial charge in [0.2, 0.25) is 0 Å². The van der Waals surface area contributed by atoms with Crippen LogP contribution in [0.2, 0.25) is 0 Å². The third-order valence-corrected chi connectivity index (χ3v) is 4.41. The zero-order chi connectivity index (χ0) is 14.9. The highest BCUT2D eigenvalue weighted by molar-refractivity contribution is 7.18. The van der Waals surface area contributed by atoms with Gasteiger partial charge in [-0.1, -0.05) is 30.3 Å². The van der Waals surface area contributed by atoms with Crippen molar-refractivity contribution in [1.82, 2.24) is 4.98 Å². The van der Waals surface area contributed by atoms with E-state index < -0.39 is 11.6 Å². The van der Waals surface area contributed by atoms with Gasteiger partial charge in [-0.15, -0.1) is 11.3 Å². The number of ether oxygens (including phenoxy) is 1. The van der Waals surface area contributed by atoms with Gasteiger partial charge in [0.05, 0.1) is 10.2 Å². The van der Waals surface area contributed by atoms with E-state index in [-0.39, 0.29) is 0 Å². The summed E-state index contributed by atoms with van der Waals surface area (Å²) in [6.07, 6.45) is 0. The molecule has 1 unspecified atom stereocenters. The first-order valence-electron chi connectivity index (χ1n) is 6.43. The van der Waals surface area contributed by atoms with Crippen LogP contribution in [-0.4, -0.2) is 16.1 Å². The van der Waals surface area contributed by atoms with Gasteiger partial charge >= 0.3 is 5.97 Å². The number of para-hydroxylation sites is 2. The number of aliphatic carboxylic acids is 1. The van der Waals surface area contributed by atoms with Gasteiger partial charge in [0.1, 0.15) is 10.8 Å². The van der Waals surface area contributed by atoms with Crippen LogP contribution in [0, 0.1) is 0 Å². The molecule has 21 heavy (non-hydrogen) atoms. The van der Waals surface area contributed by atoms with Gasteiger partial charge < -0.3 is 9.84 Å². The Morgan fingerprint density at radius 2 is 1.81 bits per heavy atom. The lowest BCUT2D eigenvalue weighted by Crippen LogP contribution is -2.38. The number of hydrogen-bond donors (Lipinski definition) is 1. The first-order chi connectivity index (χ1) is 10.1. The van der Waals surface area contributed by atoms with Crippen LogP contribution >= 0.6 is 11.3 Å². The summed E-state index contributed by atoms with van der Waals surface area (Å²) in [5.41, 5.74) is -0.730. The minimum absolute atomic E-state index is 0.431. The van der Waals surface area contributed by atoms with E-state index in [1.807, 2.05) is 30.3 Å². The molecule has 0 fully saturated rings. The van der Waals surface area contributed by atoms with Gasteiger partial charge in [0, 0.05) is 0 Å². The Morgan fingerprint density at radius 3 is 2.48 bits per heavy atom. The number of thiazole rings is 1. The zero-order valence-corrected chi connectivity index (χ0v) is 12.1. The first-order valence-corrected chi connectivity index (χ1v) is 7.25. The zero-order valence-electron chi connectivity index (χ0n) is 11.3. The summed E-state index contributed by atoms with van der Waals surface area (Å²) in [5, 5.41) is 10.0. The maximum absolute atomic E-state index is 11.7. The number of carboxylic acids is 1. The number of aromatic nitrogens is 1. The predicted molar refractivity (Wildman–Crippen MR) is 81.7 cm³/mol. The molecule has 0 bridgehead atoms. The quantitative estimate of drug-likeness (QED) is 0.798. The number of carbonyl (C=O) groups is 1. The predicted octanol–water partition coefficient (Wildman–Crippen LogP) is 3.68. The van der Waals surface area contributed by atoms with Gasteiger partial charge in [-0.25, -0.2) is 9.78 Å². The number of benzene rings is 2. The van der Waals surface area contributed by atoms with Crippen LogP contribution < -0.4 is 4.74 Å². The van der Waals surface area contributed by atoms with E-state index in [9.17, 15) is 9.90 Å². The molecule has 0 aliphatic rings. The van der Waals surface area contributed by atoms with Crippen molar-refractivity contribution in [3.8, 4) is 5.75 Å². The molecule has 0 amide bonds. The van der Waals surface area contributed by atoms with Crippen LogP contribution in [0.15, 0.2) is 54.6 Å². The van der Waals surface area contributed by atoms with Crippen molar-refractivity contribution < 1.29 is 14.6 Å². The van der Waals surface area contributed by atoms with Crippen molar-refractivity contribution in [2.45, 2.75) is 12.5 Å². The van der Waals surface area contributed by atoms with E-state index in [1.54, 1.807) is 24.3 Å². The molecule has 5 heteroatoms. The smallest absolute Gasteiger partial charge is 0.355 e. The number of hydrogen-bond acceptors (Lipinski definition) is 4. The maximum atomic E-state index is 11.7. The molecule has 0 aliphatic heterocycles. The molecule has 2 aromatic carbocycles. The van der Waals surface area contributed by atoms with Crippen molar-refractivity contribution in [2.75, 3.05) is 0 Å². The van der Waals surface area contributed by atoms with Gasteiger partial charge in [0.15, 0.2) is 0 Å². The molecule has 1 heterocycles. The lowest BCUT2D eigenvalue weighted by Gasteiger charge is -2.24. The highest BCUT2D eigenvalue weighted by Crippen LogP contribution is 2.34. The Kier molecular flexibility index (Phi) is 3.35. The standard InChI is InChI=1S/C16H13NO3S/c1-16(15(18)19,20-11-7-3-2-4-8-11)14-17-12-9-5-6-10-13(12)21-14/h2-10H,1H3,(H,18,19). The Hall–Kier alpha value is -2.40. The average Bonchev–Trinajstić information content (AvgIpc) is 2.92. The van der Waals surface area contributed by atoms with Crippen molar-refractivity contribution in [1.29, 1.82) is 0 Å². The molecule has 106 valence electrons. The lowest BCUT2D eigenvalue weighted by molar-refractivity contribution is -0.154. The Balaban J connectivity index is 2.06. The molecule has 3 rings (SSSR count). The lowest BCUT2D eigenvalue weighted by atomic mass is 10.1. The van der Waals surface area contributed by atoms with E-state index >= 15 is 0 Å². The fraction of sp³-hybridized carbons (Fsp3) is 0.125. The van der Waals surface area contributed by atoms with E-state index in [0.29, 0.717) is 10.8 Å². The molecular weight excluding hydrogens is 286 g/mol. The number of fused-ring (bicyclic) bond motifs is 1. The summed E-state index contributed by atoms with van der Waals surface area (Å²) in [6, 6.07) is 16.5. The molecular formula is C16H13NO3S. The third-order valence-electron chi connectivity index (χ3n) is 3.18. The van der Waals surface area contributed by atoms with Crippen LogP contribution in [0.25, 0.3) is 10.2 Å². The molecule has 3 aromatic rings. The van der Waals surface area contributed by atoms with Crippen LogP contribution in [-0.2, 0) is 10.4 Å². The first kappa shape index (κ1) is 13.6. The van der Waals surface area contributed by atoms with Gasteiger partial charge in [-0.2, -0.15) is 0 Å². The fourth-order valence-electron chi connectivity index (χ4n) is 1.98. The van der Waals surface area contributed by atoms with Crippen molar-refractivity contribution in [2.24, 2.45) is 0 Å². The summed E-state index contributed by atoms with van der Waals surface area (Å²) in [6.45, 7) is 1.53. The second kappa shape index (κ2) is 5.18. The van der Waals surface area contributed by atoms with Crippen LogP contribution in [0.4, 0.5) is 0 Å². The largest absolute Gasteiger partial charge is 0.478 e. The summed E-state index contributed by atoms with van der Waals surface area (Å²) >= 11 is 1.33. The van der Waals surface area contributed by atoms with E-state index in [0.717, 1.165) is 10.2 Å². The van der Waals surface area contributed by atoms with Gasteiger partial charge in [0.25, 0.3) is 5.60 Å². The van der Waals surface area contributed by atoms with E-state index in [2.05, 4.69) is 4.98 Å². The van der Waals surface area contributed by atoms with Gasteiger partial charge in [-0.05, 0) is 31.2 Å². The van der Waals surface area contributed by atoms with Crippen molar-refractivity contribution in [3.05, 3.63) is 59.6 Å². The molecule has 0 radical (unpaired) electrons. The average molecular weight is 299 g/mol. The maximum Gasteiger partial charge on any atom is 0.355 e. The number of rotatable bonds is 4. The monoisotopic (exact) mass is 299 g/mol. The highest BCUT2D eigenvalue weighted by Gasteiger charge is 2.41. The topological polar surface area (TPSA) is 59.4 Å². The molecule has 1 N–H and O–H groups in total. The summed E-state index contributed by atoms with van der Waals surface area (Å²) in [5.74, 6) is -0.563. The third kappa shape index (κ3) is 2.48.